The van der Waals surface area contributed by atoms with Crippen LogP contribution in [0.4, 0.5) is 5.69 Å². The SMILES string of the molecule is COc1cccc(N(C)CC2(O)CCOCC2)c1C(C)O. The lowest BCUT2D eigenvalue weighted by Crippen LogP contribution is -2.46. The van der Waals surface area contributed by atoms with E-state index < -0.39 is 11.7 Å². The van der Waals surface area contributed by atoms with E-state index in [1.165, 1.54) is 0 Å². The van der Waals surface area contributed by atoms with Gasteiger partial charge in [0.05, 0.1) is 18.8 Å². The van der Waals surface area contributed by atoms with Crippen molar-refractivity contribution in [3.63, 3.8) is 0 Å². The van der Waals surface area contributed by atoms with Gasteiger partial charge in [-0.25, -0.2) is 0 Å². The van der Waals surface area contributed by atoms with E-state index in [9.17, 15) is 10.2 Å². The number of likely N-dealkylation sites (N-methyl/N-ethyl adjacent to an activating group) is 1. The smallest absolute Gasteiger partial charge is 0.126 e. The van der Waals surface area contributed by atoms with Gasteiger partial charge in [0.25, 0.3) is 0 Å². The van der Waals surface area contributed by atoms with Gasteiger partial charge >= 0.3 is 0 Å². The summed E-state index contributed by atoms with van der Waals surface area (Å²) in [5.74, 6) is 0.660. The molecule has 1 aliphatic heterocycles. The van der Waals surface area contributed by atoms with Crippen molar-refractivity contribution in [1.29, 1.82) is 0 Å². The van der Waals surface area contributed by atoms with E-state index in [-0.39, 0.29) is 0 Å². The largest absolute Gasteiger partial charge is 0.496 e. The van der Waals surface area contributed by atoms with Crippen molar-refractivity contribution < 1.29 is 19.7 Å². The normalized spacial score (nSPS) is 19.1. The van der Waals surface area contributed by atoms with Gasteiger partial charge < -0.3 is 24.6 Å². The summed E-state index contributed by atoms with van der Waals surface area (Å²) >= 11 is 0. The van der Waals surface area contributed by atoms with Crippen LogP contribution in [-0.2, 0) is 4.74 Å². The molecule has 5 nitrogen and oxygen atoms in total. The van der Waals surface area contributed by atoms with Gasteiger partial charge in [0, 0.05) is 50.9 Å². The molecule has 1 atom stereocenters. The molecule has 1 aliphatic rings. The predicted molar refractivity (Wildman–Crippen MR) is 81.9 cm³/mol. The predicted octanol–water partition coefficient (Wildman–Crippen LogP) is 1.73. The van der Waals surface area contributed by atoms with Crippen LogP contribution in [0.25, 0.3) is 0 Å². The molecular weight excluding hydrogens is 270 g/mol. The number of hydrogen-bond donors (Lipinski definition) is 2. The van der Waals surface area contributed by atoms with Crippen molar-refractivity contribution in [2.45, 2.75) is 31.5 Å². The van der Waals surface area contributed by atoms with Crippen LogP contribution in [-0.4, -0.2) is 49.7 Å². The van der Waals surface area contributed by atoms with E-state index in [2.05, 4.69) is 0 Å². The van der Waals surface area contributed by atoms with E-state index in [1.807, 2.05) is 30.1 Å². The number of hydrogen-bond acceptors (Lipinski definition) is 5. The number of ether oxygens (including phenoxy) is 2. The van der Waals surface area contributed by atoms with Crippen LogP contribution in [0, 0.1) is 0 Å². The van der Waals surface area contributed by atoms with Crippen LogP contribution in [0.5, 0.6) is 5.75 Å². The Morgan fingerprint density at radius 3 is 2.62 bits per heavy atom. The second-order valence-corrected chi connectivity index (χ2v) is 5.76. The minimum absolute atomic E-state index is 0.503. The number of aliphatic hydroxyl groups is 2. The Hall–Kier alpha value is -1.30. The summed E-state index contributed by atoms with van der Waals surface area (Å²) in [5.41, 5.74) is 0.883. The lowest BCUT2D eigenvalue weighted by atomic mass is 9.93. The first-order valence-corrected chi connectivity index (χ1v) is 7.33. The van der Waals surface area contributed by atoms with Crippen LogP contribution < -0.4 is 9.64 Å². The minimum atomic E-state index is -0.744. The Labute approximate surface area is 126 Å². The molecule has 118 valence electrons. The standard InChI is InChI=1S/C16H25NO4/c1-12(18)15-13(5-4-6-14(15)20-3)17(2)11-16(19)7-9-21-10-8-16/h4-6,12,18-19H,7-11H2,1-3H3. The molecule has 0 radical (unpaired) electrons. The molecule has 2 N–H and O–H groups in total. The van der Waals surface area contributed by atoms with Crippen LogP contribution in [0.2, 0.25) is 0 Å². The van der Waals surface area contributed by atoms with E-state index in [4.69, 9.17) is 9.47 Å². The van der Waals surface area contributed by atoms with Gasteiger partial charge in [-0.1, -0.05) is 6.07 Å². The summed E-state index contributed by atoms with van der Waals surface area (Å²) in [6.45, 7) is 3.40. The molecule has 0 bridgehead atoms. The monoisotopic (exact) mass is 295 g/mol. The summed E-state index contributed by atoms with van der Waals surface area (Å²) < 4.78 is 10.7. The molecule has 5 heteroatoms. The van der Waals surface area contributed by atoms with E-state index in [0.717, 1.165) is 11.3 Å². The summed E-state index contributed by atoms with van der Waals surface area (Å²) in [4.78, 5) is 1.98. The van der Waals surface area contributed by atoms with Crippen molar-refractivity contribution in [1.82, 2.24) is 0 Å². The minimum Gasteiger partial charge on any atom is -0.496 e. The van der Waals surface area contributed by atoms with Crippen LogP contribution >= 0.6 is 0 Å². The molecule has 1 fully saturated rings. The van der Waals surface area contributed by atoms with Crippen LogP contribution in [0.15, 0.2) is 18.2 Å². The second kappa shape index (κ2) is 6.64. The van der Waals surface area contributed by atoms with Gasteiger partial charge in [-0.05, 0) is 19.1 Å². The molecule has 0 aliphatic carbocycles. The van der Waals surface area contributed by atoms with Crippen molar-refractivity contribution in [3.05, 3.63) is 23.8 Å². The van der Waals surface area contributed by atoms with Crippen molar-refractivity contribution >= 4 is 5.69 Å². The maximum Gasteiger partial charge on any atom is 0.126 e. The lowest BCUT2D eigenvalue weighted by Gasteiger charge is -2.37. The Morgan fingerprint density at radius 1 is 1.38 bits per heavy atom. The zero-order valence-electron chi connectivity index (χ0n) is 13.0. The third kappa shape index (κ3) is 3.67. The Balaban J connectivity index is 2.24. The quantitative estimate of drug-likeness (QED) is 0.866. The number of anilines is 1. The Morgan fingerprint density at radius 2 is 2.05 bits per heavy atom. The van der Waals surface area contributed by atoms with E-state index in [1.54, 1.807) is 14.0 Å². The van der Waals surface area contributed by atoms with Crippen molar-refractivity contribution in [2.75, 3.05) is 38.8 Å². The van der Waals surface area contributed by atoms with Crippen molar-refractivity contribution in [2.24, 2.45) is 0 Å². The third-order valence-electron chi connectivity index (χ3n) is 4.05. The molecule has 0 spiro atoms. The molecule has 2 rings (SSSR count). The lowest BCUT2D eigenvalue weighted by molar-refractivity contribution is -0.0573. The number of benzene rings is 1. The average molecular weight is 295 g/mol. The molecule has 1 saturated heterocycles. The van der Waals surface area contributed by atoms with Gasteiger partial charge in [-0.15, -0.1) is 0 Å². The second-order valence-electron chi connectivity index (χ2n) is 5.76. The summed E-state index contributed by atoms with van der Waals surface area (Å²) in [7, 11) is 3.52. The van der Waals surface area contributed by atoms with Crippen LogP contribution in [0.1, 0.15) is 31.4 Å². The fourth-order valence-corrected chi connectivity index (χ4v) is 2.90. The highest BCUT2D eigenvalue weighted by molar-refractivity contribution is 5.60. The molecule has 0 saturated carbocycles. The van der Waals surface area contributed by atoms with Gasteiger partial charge in [0.15, 0.2) is 0 Å². The molecule has 1 aromatic rings. The highest BCUT2D eigenvalue weighted by Gasteiger charge is 2.32. The first kappa shape index (κ1) is 16.1. The van der Waals surface area contributed by atoms with Gasteiger partial charge in [0.1, 0.15) is 5.75 Å². The first-order valence-electron chi connectivity index (χ1n) is 7.33. The number of nitrogens with zero attached hydrogens (tertiary/aromatic N) is 1. The maximum atomic E-state index is 10.6. The zero-order chi connectivity index (χ0) is 15.5. The van der Waals surface area contributed by atoms with Crippen LogP contribution in [0.3, 0.4) is 0 Å². The van der Waals surface area contributed by atoms with E-state index >= 15 is 0 Å². The molecule has 1 unspecified atom stereocenters. The highest BCUT2D eigenvalue weighted by Crippen LogP contribution is 2.35. The summed E-state index contributed by atoms with van der Waals surface area (Å²) in [6.07, 6.45) is 0.624. The molecule has 0 aromatic heterocycles. The zero-order valence-corrected chi connectivity index (χ0v) is 13.0. The summed E-state index contributed by atoms with van der Waals surface area (Å²) in [6, 6.07) is 5.67. The third-order valence-corrected chi connectivity index (χ3v) is 4.05. The summed E-state index contributed by atoms with van der Waals surface area (Å²) in [5, 5.41) is 20.7. The number of rotatable bonds is 5. The van der Waals surface area contributed by atoms with Gasteiger partial charge in [-0.3, -0.25) is 0 Å². The first-order chi connectivity index (χ1) is 9.97. The van der Waals surface area contributed by atoms with Gasteiger partial charge in [-0.2, -0.15) is 0 Å². The average Bonchev–Trinajstić information content (AvgIpc) is 2.46. The highest BCUT2D eigenvalue weighted by atomic mass is 16.5. The Kier molecular flexibility index (Phi) is 5.08. The fraction of sp³-hybridized carbons (Fsp3) is 0.625. The molecule has 1 aromatic carbocycles. The van der Waals surface area contributed by atoms with Gasteiger partial charge in [0.2, 0.25) is 0 Å². The number of aliphatic hydroxyl groups excluding tert-OH is 1. The maximum absolute atomic E-state index is 10.6. The Bertz CT molecular complexity index is 469. The number of methoxy groups -OCH3 is 1. The topological polar surface area (TPSA) is 62.2 Å². The molecule has 1 heterocycles. The molecular formula is C16H25NO4. The van der Waals surface area contributed by atoms with Crippen molar-refractivity contribution in [3.8, 4) is 5.75 Å². The van der Waals surface area contributed by atoms with E-state index in [0.29, 0.717) is 38.3 Å². The molecule has 0 amide bonds. The molecule has 21 heavy (non-hydrogen) atoms. The fourth-order valence-electron chi connectivity index (χ4n) is 2.90.